The number of aromatic amines is 1. The van der Waals surface area contributed by atoms with Gasteiger partial charge in [-0.3, -0.25) is 19.8 Å². The monoisotopic (exact) mass is 1000 g/mol. The van der Waals surface area contributed by atoms with Crippen molar-refractivity contribution in [1.29, 1.82) is 0 Å². The Hall–Kier alpha value is -5.95. The molecule has 384 valence electrons. The Morgan fingerprint density at radius 2 is 1.78 bits per heavy atom. The van der Waals surface area contributed by atoms with Crippen molar-refractivity contribution in [2.24, 2.45) is 11.3 Å². The maximum atomic E-state index is 14.4. The average molecular weight is 1010 g/mol. The van der Waals surface area contributed by atoms with Crippen LogP contribution in [0.5, 0.6) is 23.1 Å². The van der Waals surface area contributed by atoms with Gasteiger partial charge in [0, 0.05) is 67.2 Å². The number of nitro groups is 1. The molecule has 5 heterocycles. The number of aliphatic hydroxyl groups is 1. The Labute approximate surface area is 421 Å². The first-order valence-electron chi connectivity index (χ1n) is 25.6. The number of rotatable bonds is 15. The molecule has 4 fully saturated rings. The standard InChI is InChI=1S/C54H68N8O9S/c1-34(2)40-9-6-7-10-41(40)44-11-8-22-61(44)38-31-54(32-38)19-23-60(24-20-54)37-12-13-42(46(28-37)71-48-27-36-16-21-55-50(36)57-52(48)69-26-25-59(4)5)51(63)58-72(67,68)39-29-45(62(65)66)49-47(30-39)70-33-43(56-49)35-14-17-53(3,64)18-15-35/h6-7,9-10,12-13,16,21,27-30,34-35,38,43-44,56,64H,8,11,14-15,17-20,22-26,31-33H2,1-5H3,(H,55,57)(H,58,63)/t35-,43-,44+,53-/m1/s1. The third-order valence-corrected chi connectivity index (χ3v) is 17.5. The highest BCUT2D eigenvalue weighted by Gasteiger charge is 2.50. The number of nitrogens with zero attached hydrogens (tertiary/aromatic N) is 5. The molecule has 1 amide bonds. The highest BCUT2D eigenvalue weighted by atomic mass is 32.2. The highest BCUT2D eigenvalue weighted by molar-refractivity contribution is 7.90. The molecule has 2 atom stereocenters. The molecule has 2 saturated carbocycles. The van der Waals surface area contributed by atoms with Crippen LogP contribution in [0.3, 0.4) is 0 Å². The topological polar surface area (TPSA) is 205 Å². The van der Waals surface area contributed by atoms with E-state index < -0.39 is 37.0 Å². The quantitative estimate of drug-likeness (QED) is 0.0571. The van der Waals surface area contributed by atoms with Gasteiger partial charge in [-0.05, 0) is 144 Å². The summed E-state index contributed by atoms with van der Waals surface area (Å²) in [4.78, 5) is 40.6. The molecule has 2 aliphatic carbocycles. The minimum atomic E-state index is -4.71. The van der Waals surface area contributed by atoms with Crippen molar-refractivity contribution in [2.45, 2.75) is 120 Å². The van der Waals surface area contributed by atoms with Gasteiger partial charge in [-0.1, -0.05) is 38.1 Å². The van der Waals surface area contributed by atoms with Gasteiger partial charge in [0.2, 0.25) is 0 Å². The van der Waals surface area contributed by atoms with Gasteiger partial charge in [-0.15, -0.1) is 0 Å². The molecule has 2 aromatic heterocycles. The zero-order chi connectivity index (χ0) is 50.5. The van der Waals surface area contributed by atoms with E-state index >= 15 is 0 Å². The number of fused-ring (bicyclic) bond motifs is 2. The second kappa shape index (κ2) is 19.8. The number of hydrogen-bond donors (Lipinski definition) is 4. The fourth-order valence-corrected chi connectivity index (χ4v) is 13.0. The summed E-state index contributed by atoms with van der Waals surface area (Å²) in [5.41, 5.74) is 3.35. The number of anilines is 2. The lowest BCUT2D eigenvalue weighted by Gasteiger charge is -2.56. The predicted octanol–water partition coefficient (Wildman–Crippen LogP) is 9.15. The minimum Gasteiger partial charge on any atom is -0.489 e. The van der Waals surface area contributed by atoms with Gasteiger partial charge in [-0.25, -0.2) is 13.1 Å². The van der Waals surface area contributed by atoms with Crippen LogP contribution in [-0.2, 0) is 10.0 Å². The summed E-state index contributed by atoms with van der Waals surface area (Å²) in [7, 11) is -0.848. The summed E-state index contributed by atoms with van der Waals surface area (Å²) >= 11 is 0. The van der Waals surface area contributed by atoms with E-state index in [4.69, 9.17) is 19.2 Å². The van der Waals surface area contributed by atoms with Crippen molar-refractivity contribution < 1.29 is 37.5 Å². The zero-order valence-corrected chi connectivity index (χ0v) is 42.8. The third-order valence-electron chi connectivity index (χ3n) is 16.2. The molecule has 5 aliphatic rings. The van der Waals surface area contributed by atoms with E-state index in [9.17, 15) is 28.4 Å². The minimum absolute atomic E-state index is 0.00714. The largest absolute Gasteiger partial charge is 0.489 e. The van der Waals surface area contributed by atoms with Gasteiger partial charge in [0.25, 0.3) is 27.5 Å². The Morgan fingerprint density at radius 3 is 2.51 bits per heavy atom. The summed E-state index contributed by atoms with van der Waals surface area (Å²) in [6.07, 6.45) is 11.2. The van der Waals surface area contributed by atoms with E-state index in [1.165, 1.54) is 42.9 Å². The van der Waals surface area contributed by atoms with E-state index in [0.717, 1.165) is 49.6 Å². The van der Waals surface area contributed by atoms with Gasteiger partial charge in [0.15, 0.2) is 17.2 Å². The predicted molar refractivity (Wildman–Crippen MR) is 276 cm³/mol. The molecule has 0 radical (unpaired) electrons. The van der Waals surface area contributed by atoms with Gasteiger partial charge in [0.1, 0.15) is 24.6 Å². The Kier molecular flexibility index (Phi) is 13.7. The van der Waals surface area contributed by atoms with Gasteiger partial charge >= 0.3 is 0 Å². The molecular formula is C54H68N8O9S. The number of carbonyl (C=O) groups excluding carboxylic acids is 1. The second-order valence-corrected chi connectivity index (χ2v) is 23.5. The van der Waals surface area contributed by atoms with Crippen molar-refractivity contribution in [1.82, 2.24) is 24.5 Å². The highest BCUT2D eigenvalue weighted by Crippen LogP contribution is 2.54. The van der Waals surface area contributed by atoms with Crippen LogP contribution in [0.4, 0.5) is 17.1 Å². The molecule has 0 bridgehead atoms. The number of piperidine rings is 1. The van der Waals surface area contributed by atoms with E-state index in [-0.39, 0.29) is 58.4 Å². The van der Waals surface area contributed by atoms with E-state index in [1.807, 2.05) is 38.1 Å². The van der Waals surface area contributed by atoms with Crippen molar-refractivity contribution in [3.05, 3.63) is 99.7 Å². The Bertz CT molecular complexity index is 2930. The smallest absolute Gasteiger partial charge is 0.297 e. The van der Waals surface area contributed by atoms with Gasteiger partial charge in [-0.2, -0.15) is 4.98 Å². The molecule has 3 aromatic carbocycles. The molecule has 3 aliphatic heterocycles. The van der Waals surface area contributed by atoms with Gasteiger partial charge < -0.3 is 39.4 Å². The first kappa shape index (κ1) is 49.6. The Morgan fingerprint density at radius 1 is 1.01 bits per heavy atom. The number of amides is 1. The number of sulfonamides is 1. The number of nitrogens with one attached hydrogen (secondary N) is 3. The van der Waals surface area contributed by atoms with Crippen LogP contribution in [0.1, 0.15) is 118 Å². The molecule has 1 spiro atoms. The van der Waals surface area contributed by atoms with E-state index in [0.29, 0.717) is 62.5 Å². The maximum Gasteiger partial charge on any atom is 0.297 e. The molecule has 5 aromatic rings. The summed E-state index contributed by atoms with van der Waals surface area (Å²) in [5, 5.41) is 27.0. The number of likely N-dealkylation sites (N-methyl/N-ethyl adjacent to an activating group) is 1. The zero-order valence-electron chi connectivity index (χ0n) is 42.0. The van der Waals surface area contributed by atoms with E-state index in [1.54, 1.807) is 24.4 Å². The lowest BCUT2D eigenvalue weighted by atomic mass is 9.59. The normalized spacial score (nSPS) is 23.4. The molecule has 4 N–H and O–H groups in total. The number of carbonyl (C=O) groups is 1. The number of nitro benzene ring substituents is 1. The number of benzene rings is 3. The fourth-order valence-electron chi connectivity index (χ4n) is 12.0. The molecule has 18 heteroatoms. The molecule has 0 unspecified atom stereocenters. The summed E-state index contributed by atoms with van der Waals surface area (Å²) in [6.45, 7) is 10.2. The van der Waals surface area contributed by atoms with E-state index in [2.05, 4.69) is 62.9 Å². The Balaban J connectivity index is 0.892. The molecule has 72 heavy (non-hydrogen) atoms. The average Bonchev–Trinajstić information content (AvgIpc) is 4.02. The van der Waals surface area contributed by atoms with Crippen molar-refractivity contribution in [3.8, 4) is 23.1 Å². The van der Waals surface area contributed by atoms with Crippen LogP contribution in [0, 0.1) is 21.4 Å². The van der Waals surface area contributed by atoms with Crippen molar-refractivity contribution in [2.75, 3.05) is 63.7 Å². The first-order chi connectivity index (χ1) is 34.4. The van der Waals surface area contributed by atoms with Crippen molar-refractivity contribution in [3.63, 3.8) is 0 Å². The molecule has 10 rings (SSSR count). The number of H-pyrrole nitrogens is 1. The number of hydrogen-bond acceptors (Lipinski definition) is 14. The molecular weight excluding hydrogens is 937 g/mol. The number of likely N-dealkylation sites (tertiary alicyclic amines) is 1. The van der Waals surface area contributed by atoms with Crippen LogP contribution in [0.15, 0.2) is 77.8 Å². The lowest BCUT2D eigenvalue weighted by molar-refractivity contribution is -0.384. The molecule has 17 nitrogen and oxygen atoms in total. The van der Waals surface area contributed by atoms with Crippen LogP contribution >= 0.6 is 0 Å². The van der Waals surface area contributed by atoms with Crippen LogP contribution in [0.2, 0.25) is 0 Å². The van der Waals surface area contributed by atoms with Crippen molar-refractivity contribution >= 4 is 44.0 Å². The first-order valence-corrected chi connectivity index (χ1v) is 27.1. The number of aromatic nitrogens is 2. The number of pyridine rings is 1. The maximum absolute atomic E-state index is 14.4. The lowest BCUT2D eigenvalue weighted by Crippen LogP contribution is -2.54. The number of ether oxygens (including phenoxy) is 3. The fraction of sp³-hybridized carbons (Fsp3) is 0.519. The van der Waals surface area contributed by atoms with Crippen LogP contribution in [-0.4, -0.2) is 115 Å². The summed E-state index contributed by atoms with van der Waals surface area (Å²) in [5.74, 6) is 0.0786. The summed E-state index contributed by atoms with van der Waals surface area (Å²) < 4.78 is 49.3. The SMILES string of the molecule is CC(C)c1ccccc1[C@@H]1CCCN1C1CC2(CCN(c3ccc(C(=O)NS(=O)(=O)c4cc5c(c([N+](=O)[O-])c4)N[C@@H]([C@H]4CC[C@](C)(O)CC4)CO5)c(Oc4cc5cc[nH]c5nc4OCCN(C)C)c3)CC2)C1. The molecule has 2 saturated heterocycles. The van der Waals surface area contributed by atoms with Gasteiger partial charge in [0.05, 0.1) is 27.0 Å². The van der Waals surface area contributed by atoms with Crippen LogP contribution in [0.25, 0.3) is 11.0 Å². The van der Waals surface area contributed by atoms with Crippen LogP contribution < -0.4 is 29.1 Å². The second-order valence-electron chi connectivity index (χ2n) is 21.8. The third kappa shape index (κ3) is 10.2. The summed E-state index contributed by atoms with van der Waals surface area (Å²) in [6, 6.07) is 20.6.